The van der Waals surface area contributed by atoms with Gasteiger partial charge in [-0.25, -0.2) is 9.07 Å². The summed E-state index contributed by atoms with van der Waals surface area (Å²) in [6, 6.07) is 6.94. The topological polar surface area (TPSA) is 148 Å². The number of halogens is 1. The third-order valence-electron chi connectivity index (χ3n) is 7.32. The smallest absolute Gasteiger partial charge is 0.204 e. The first-order chi connectivity index (χ1) is 19.7. The summed E-state index contributed by atoms with van der Waals surface area (Å²) in [5.74, 6) is -0.211. The number of hydrogen-bond donors (Lipinski definition) is 2. The molecule has 1 saturated heterocycles. The second-order valence-electron chi connectivity index (χ2n) is 10.3. The first-order valence-corrected chi connectivity index (χ1v) is 13.9. The molecule has 3 aromatic rings. The summed E-state index contributed by atoms with van der Waals surface area (Å²) in [5, 5.41) is 8.59. The zero-order chi connectivity index (χ0) is 30.5. The number of benzene rings is 1. The lowest BCUT2D eigenvalue weighted by atomic mass is 9.76. The quantitative estimate of drug-likeness (QED) is 0.334. The molecule has 0 radical (unpaired) electrons. The molecule has 1 aliphatic carbocycles. The Labute approximate surface area is 241 Å². The van der Waals surface area contributed by atoms with Crippen LogP contribution in [-0.4, -0.2) is 45.2 Å². The predicted molar refractivity (Wildman–Crippen MR) is 156 cm³/mol. The maximum Gasteiger partial charge on any atom is 0.204 e. The van der Waals surface area contributed by atoms with Crippen LogP contribution in [0.25, 0.3) is 11.3 Å². The Hall–Kier alpha value is -3.86. The third-order valence-corrected chi connectivity index (χ3v) is 7.32. The van der Waals surface area contributed by atoms with Crippen molar-refractivity contribution < 1.29 is 23.5 Å². The molecule has 2 aromatic heterocycles. The zero-order valence-corrected chi connectivity index (χ0v) is 24.5. The highest BCUT2D eigenvalue weighted by atomic mass is 19.1. The molecule has 1 amide bonds. The minimum atomic E-state index is -0.435. The van der Waals surface area contributed by atoms with Crippen LogP contribution in [0, 0.1) is 31.5 Å². The number of ether oxygens (including phenoxy) is 1. The Morgan fingerprint density at radius 3 is 2.27 bits per heavy atom. The van der Waals surface area contributed by atoms with Crippen LogP contribution in [0.4, 0.5) is 10.1 Å². The van der Waals surface area contributed by atoms with Crippen molar-refractivity contribution in [3.05, 3.63) is 53.2 Å². The van der Waals surface area contributed by atoms with E-state index in [1.807, 2.05) is 44.5 Å². The standard InChI is InChI=1S/C23H29FN2O2.C5H9N3.CH3NO.CH2O/c1-15-7-3-4-8-18(15)23(27)19-11-10-17(14-20(19)24)21-13-16(2)25-26(21)22-9-5-6-12-28-22;1-4-5(6)3-8(2)7-4;2-1-3;1-2/h10-11,13-15,18,22H,3-9,12H2,1-2H3;3H,6H2,1-2H3;1H,(H2,2,3);1H2. The van der Waals surface area contributed by atoms with Crippen molar-refractivity contribution >= 4 is 24.7 Å². The fraction of sp³-hybridized carbons (Fsp3) is 0.500. The average molecular weight is 571 g/mol. The van der Waals surface area contributed by atoms with Crippen molar-refractivity contribution in [3.63, 3.8) is 0 Å². The highest BCUT2D eigenvalue weighted by molar-refractivity contribution is 5.98. The maximum atomic E-state index is 15.0. The minimum absolute atomic E-state index is 0.0449. The van der Waals surface area contributed by atoms with E-state index in [2.05, 4.69) is 22.9 Å². The number of nitrogens with two attached hydrogens (primary N) is 2. The van der Waals surface area contributed by atoms with E-state index in [1.54, 1.807) is 16.9 Å². The number of primary amides is 1. The average Bonchev–Trinajstić information content (AvgIpc) is 3.50. The van der Waals surface area contributed by atoms with Crippen molar-refractivity contribution in [2.45, 2.75) is 71.9 Å². The molecule has 11 heteroatoms. The molecule has 3 unspecified atom stereocenters. The number of Topliss-reactive ketones (excluding diaryl/α,β-unsaturated/α-hetero) is 1. The molecule has 1 aliphatic heterocycles. The summed E-state index contributed by atoms with van der Waals surface area (Å²) in [6.07, 6.45) is 9.15. The third kappa shape index (κ3) is 9.07. The van der Waals surface area contributed by atoms with Gasteiger partial charge in [0.2, 0.25) is 6.41 Å². The van der Waals surface area contributed by atoms with Crippen LogP contribution in [0.3, 0.4) is 0 Å². The van der Waals surface area contributed by atoms with Crippen LogP contribution in [0.5, 0.6) is 0 Å². The Kier molecular flexibility index (Phi) is 13.4. The van der Waals surface area contributed by atoms with E-state index >= 15 is 0 Å². The number of anilines is 1. The fourth-order valence-corrected chi connectivity index (χ4v) is 5.27. The number of nitrogen functional groups attached to an aromatic ring is 1. The van der Waals surface area contributed by atoms with Crippen LogP contribution in [-0.2, 0) is 21.4 Å². The van der Waals surface area contributed by atoms with Gasteiger partial charge < -0.3 is 21.0 Å². The molecule has 3 heterocycles. The number of carbonyl (C=O) groups excluding carboxylic acids is 3. The lowest BCUT2D eigenvalue weighted by Gasteiger charge is -2.27. The highest BCUT2D eigenvalue weighted by Crippen LogP contribution is 2.34. The van der Waals surface area contributed by atoms with Gasteiger partial charge in [0.25, 0.3) is 0 Å². The molecule has 3 atom stereocenters. The van der Waals surface area contributed by atoms with Crippen LogP contribution in [0.2, 0.25) is 0 Å². The number of carbonyl (C=O) groups is 3. The summed E-state index contributed by atoms with van der Waals surface area (Å²) >= 11 is 0. The van der Waals surface area contributed by atoms with Gasteiger partial charge in [-0.05, 0) is 63.6 Å². The molecule has 41 heavy (non-hydrogen) atoms. The van der Waals surface area contributed by atoms with Gasteiger partial charge in [0, 0.05) is 31.3 Å². The summed E-state index contributed by atoms with van der Waals surface area (Å²) < 4.78 is 24.4. The first kappa shape index (κ1) is 33.3. The van der Waals surface area contributed by atoms with Crippen LogP contribution in [0.15, 0.2) is 30.5 Å². The van der Waals surface area contributed by atoms with Crippen molar-refractivity contribution in [2.24, 2.45) is 24.6 Å². The van der Waals surface area contributed by atoms with E-state index in [-0.39, 0.29) is 29.9 Å². The molecule has 224 valence electrons. The van der Waals surface area contributed by atoms with E-state index in [9.17, 15) is 9.18 Å². The summed E-state index contributed by atoms with van der Waals surface area (Å²) in [5.41, 5.74) is 14.0. The number of hydrogen-bond acceptors (Lipinski definition) is 7. The molecule has 2 fully saturated rings. The van der Waals surface area contributed by atoms with Crippen LogP contribution in [0.1, 0.15) is 79.8 Å². The van der Waals surface area contributed by atoms with Crippen molar-refractivity contribution in [1.82, 2.24) is 19.6 Å². The summed E-state index contributed by atoms with van der Waals surface area (Å²) in [4.78, 5) is 29.5. The Morgan fingerprint density at radius 2 is 1.76 bits per heavy atom. The van der Waals surface area contributed by atoms with Crippen LogP contribution < -0.4 is 11.5 Å². The van der Waals surface area contributed by atoms with E-state index < -0.39 is 5.82 Å². The fourth-order valence-electron chi connectivity index (χ4n) is 5.27. The molecule has 4 N–H and O–H groups in total. The Morgan fingerprint density at radius 1 is 1.10 bits per heavy atom. The van der Waals surface area contributed by atoms with Gasteiger partial charge in [-0.2, -0.15) is 10.2 Å². The molecular formula is C30H43FN6O4. The molecule has 1 saturated carbocycles. The number of aromatic nitrogens is 4. The van der Waals surface area contributed by atoms with E-state index in [0.29, 0.717) is 5.92 Å². The predicted octanol–water partition coefficient (Wildman–Crippen LogP) is 4.93. The molecule has 0 bridgehead atoms. The molecule has 1 aromatic carbocycles. The number of ketones is 1. The summed E-state index contributed by atoms with van der Waals surface area (Å²) in [7, 11) is 1.85. The summed E-state index contributed by atoms with van der Waals surface area (Å²) in [6.45, 7) is 8.65. The van der Waals surface area contributed by atoms with Gasteiger partial charge in [-0.3, -0.25) is 14.3 Å². The van der Waals surface area contributed by atoms with Crippen molar-refractivity contribution in [2.75, 3.05) is 12.3 Å². The Balaban J connectivity index is 0.000000379. The number of nitrogens with zero attached hydrogens (tertiary/aromatic N) is 4. The minimum Gasteiger partial charge on any atom is -0.396 e. The van der Waals surface area contributed by atoms with Crippen LogP contribution >= 0.6 is 0 Å². The molecule has 2 aliphatic rings. The van der Waals surface area contributed by atoms with E-state index in [4.69, 9.17) is 20.1 Å². The number of amides is 1. The second kappa shape index (κ2) is 16.4. The van der Waals surface area contributed by atoms with Gasteiger partial charge in [0.1, 0.15) is 12.6 Å². The Bertz CT molecular complexity index is 1250. The number of rotatable bonds is 4. The van der Waals surface area contributed by atoms with Crippen molar-refractivity contribution in [3.8, 4) is 11.3 Å². The van der Waals surface area contributed by atoms with Crippen molar-refractivity contribution in [1.29, 1.82) is 0 Å². The van der Waals surface area contributed by atoms with Gasteiger partial charge >= 0.3 is 0 Å². The maximum absolute atomic E-state index is 15.0. The second-order valence-corrected chi connectivity index (χ2v) is 10.3. The van der Waals surface area contributed by atoms with E-state index in [0.717, 1.165) is 73.5 Å². The molecule has 10 nitrogen and oxygen atoms in total. The van der Waals surface area contributed by atoms with E-state index in [1.165, 1.54) is 12.5 Å². The zero-order valence-electron chi connectivity index (χ0n) is 24.5. The normalized spacial score (nSPS) is 19.8. The molecular weight excluding hydrogens is 527 g/mol. The lowest BCUT2D eigenvalue weighted by molar-refractivity contribution is -0.107. The first-order valence-electron chi connectivity index (χ1n) is 13.9. The highest BCUT2D eigenvalue weighted by Gasteiger charge is 2.30. The van der Waals surface area contributed by atoms with Gasteiger partial charge in [0.15, 0.2) is 12.0 Å². The number of aryl methyl sites for hydroxylation is 3. The largest absolute Gasteiger partial charge is 0.396 e. The van der Waals surface area contributed by atoms with Gasteiger partial charge in [0.05, 0.1) is 28.3 Å². The monoisotopic (exact) mass is 570 g/mol. The molecule has 0 spiro atoms. The lowest BCUT2D eigenvalue weighted by Crippen LogP contribution is -2.26. The van der Waals surface area contributed by atoms with Gasteiger partial charge in [-0.15, -0.1) is 0 Å². The van der Waals surface area contributed by atoms with Gasteiger partial charge in [-0.1, -0.05) is 32.3 Å². The molecule has 5 rings (SSSR count). The SMILES string of the molecule is C=O.Cc1cc(-c2ccc(C(=O)C3CCCCC3C)c(F)c2)n(C2CCCCO2)n1.Cc1nn(C)cc1N.NC=O.